The average Bonchev–Trinajstić information content (AvgIpc) is 2.13. The van der Waals surface area contributed by atoms with Gasteiger partial charge in [-0.25, -0.2) is 13.2 Å². The first kappa shape index (κ1) is 12.2. The summed E-state index contributed by atoms with van der Waals surface area (Å²) < 4.78 is 26.9. The van der Waals surface area contributed by atoms with Gasteiger partial charge in [-0.15, -0.1) is 0 Å². The van der Waals surface area contributed by atoms with Gasteiger partial charge in [0.15, 0.2) is 5.75 Å². The molecule has 0 aliphatic carbocycles. The molecule has 1 N–H and O–H groups in total. The highest BCUT2D eigenvalue weighted by Gasteiger charge is 2.24. The number of rotatable bonds is 1. The standard InChI is InChI=1S/C9H4Cl2O5S/c10-4-1-2-5-6(3-4)16-9(13)8(7(5)12)17(11,14)15/h1-3,12H. The van der Waals surface area contributed by atoms with E-state index < -0.39 is 25.3 Å². The van der Waals surface area contributed by atoms with Gasteiger partial charge in [-0.05, 0) is 12.1 Å². The number of hydrogen-bond acceptors (Lipinski definition) is 5. The van der Waals surface area contributed by atoms with Gasteiger partial charge >= 0.3 is 5.63 Å². The Labute approximate surface area is 105 Å². The molecule has 1 aromatic carbocycles. The number of halogens is 2. The molecule has 5 nitrogen and oxygen atoms in total. The highest BCUT2D eigenvalue weighted by atomic mass is 35.7. The molecule has 0 radical (unpaired) electrons. The molecule has 1 aromatic heterocycles. The molecule has 8 heteroatoms. The molecule has 90 valence electrons. The second-order valence-electron chi connectivity index (χ2n) is 3.15. The summed E-state index contributed by atoms with van der Waals surface area (Å²) in [7, 11) is 0.644. The molecule has 2 aromatic rings. The Kier molecular flexibility index (Phi) is 2.81. The zero-order valence-corrected chi connectivity index (χ0v) is 10.3. The Morgan fingerprint density at radius 3 is 2.53 bits per heavy atom. The van der Waals surface area contributed by atoms with Crippen LogP contribution in [0.1, 0.15) is 0 Å². The molecule has 2 rings (SSSR count). The van der Waals surface area contributed by atoms with Crippen molar-refractivity contribution < 1.29 is 17.9 Å². The van der Waals surface area contributed by atoms with E-state index >= 15 is 0 Å². The van der Waals surface area contributed by atoms with Crippen LogP contribution in [0.15, 0.2) is 32.3 Å². The number of benzene rings is 1. The highest BCUT2D eigenvalue weighted by Crippen LogP contribution is 2.31. The SMILES string of the molecule is O=c1oc2cc(Cl)ccc2c(O)c1S(=O)(=O)Cl. The van der Waals surface area contributed by atoms with Crippen LogP contribution < -0.4 is 5.63 Å². The van der Waals surface area contributed by atoms with Crippen molar-refractivity contribution in [3.8, 4) is 5.75 Å². The Morgan fingerprint density at radius 2 is 1.94 bits per heavy atom. The van der Waals surface area contributed by atoms with E-state index in [0.717, 1.165) is 0 Å². The molecule has 0 fully saturated rings. The van der Waals surface area contributed by atoms with E-state index in [2.05, 4.69) is 0 Å². The first-order chi connectivity index (χ1) is 7.80. The van der Waals surface area contributed by atoms with E-state index in [9.17, 15) is 18.3 Å². The van der Waals surface area contributed by atoms with Crippen molar-refractivity contribution in [2.45, 2.75) is 4.90 Å². The van der Waals surface area contributed by atoms with Crippen molar-refractivity contribution in [1.82, 2.24) is 0 Å². The van der Waals surface area contributed by atoms with Gasteiger partial charge in [-0.2, -0.15) is 0 Å². The monoisotopic (exact) mass is 294 g/mol. The maximum atomic E-state index is 11.4. The molecule has 17 heavy (non-hydrogen) atoms. The van der Waals surface area contributed by atoms with Crippen molar-refractivity contribution in [3.63, 3.8) is 0 Å². The summed E-state index contributed by atoms with van der Waals surface area (Å²) >= 11 is 5.67. The summed E-state index contributed by atoms with van der Waals surface area (Å²) in [6.07, 6.45) is 0. The largest absolute Gasteiger partial charge is 0.505 e. The topological polar surface area (TPSA) is 84.6 Å². The maximum Gasteiger partial charge on any atom is 0.360 e. The molecule has 1 heterocycles. The van der Waals surface area contributed by atoms with Gasteiger partial charge < -0.3 is 9.52 Å². The molecule has 0 aliphatic rings. The fourth-order valence-electron chi connectivity index (χ4n) is 1.36. The van der Waals surface area contributed by atoms with Crippen molar-refractivity contribution in [1.29, 1.82) is 0 Å². The van der Waals surface area contributed by atoms with E-state index in [1.807, 2.05) is 0 Å². The molecule has 0 aliphatic heterocycles. The van der Waals surface area contributed by atoms with Crippen LogP contribution in [0.4, 0.5) is 0 Å². The van der Waals surface area contributed by atoms with Gasteiger partial charge in [0.05, 0.1) is 5.39 Å². The van der Waals surface area contributed by atoms with Crippen LogP contribution in [0.3, 0.4) is 0 Å². The Balaban J connectivity index is 3.01. The first-order valence-electron chi connectivity index (χ1n) is 4.20. The van der Waals surface area contributed by atoms with Crippen LogP contribution in [-0.4, -0.2) is 13.5 Å². The number of fused-ring (bicyclic) bond motifs is 1. The quantitative estimate of drug-likeness (QED) is 0.643. The smallest absolute Gasteiger partial charge is 0.360 e. The van der Waals surface area contributed by atoms with E-state index in [1.165, 1.54) is 18.2 Å². The van der Waals surface area contributed by atoms with E-state index in [1.54, 1.807) is 0 Å². The minimum Gasteiger partial charge on any atom is -0.505 e. The molecule has 0 saturated heterocycles. The molecule has 0 unspecified atom stereocenters. The third-order valence-electron chi connectivity index (χ3n) is 2.05. The van der Waals surface area contributed by atoms with Crippen LogP contribution >= 0.6 is 22.3 Å². The molecular formula is C9H4Cl2O5S. The Bertz CT molecular complexity index is 763. The Hall–Kier alpha value is -1.24. The van der Waals surface area contributed by atoms with E-state index in [0.29, 0.717) is 0 Å². The normalized spacial score (nSPS) is 11.9. The van der Waals surface area contributed by atoms with Gasteiger partial charge in [0.1, 0.15) is 5.58 Å². The lowest BCUT2D eigenvalue weighted by Crippen LogP contribution is -2.10. The summed E-state index contributed by atoms with van der Waals surface area (Å²) in [5, 5.41) is 10.0. The summed E-state index contributed by atoms with van der Waals surface area (Å²) in [5.41, 5.74) is -1.27. The summed E-state index contributed by atoms with van der Waals surface area (Å²) in [5.74, 6) is -0.747. The van der Waals surface area contributed by atoms with Crippen molar-refractivity contribution in [2.75, 3.05) is 0 Å². The van der Waals surface area contributed by atoms with Crippen LogP contribution in [-0.2, 0) is 9.05 Å². The maximum absolute atomic E-state index is 11.4. The van der Waals surface area contributed by atoms with Gasteiger partial charge in [0.25, 0.3) is 9.05 Å². The van der Waals surface area contributed by atoms with Crippen molar-refractivity contribution >= 4 is 42.3 Å². The highest BCUT2D eigenvalue weighted by molar-refractivity contribution is 8.13. The number of aromatic hydroxyl groups is 1. The fourth-order valence-corrected chi connectivity index (χ4v) is 2.51. The zero-order valence-electron chi connectivity index (χ0n) is 7.98. The summed E-state index contributed by atoms with van der Waals surface area (Å²) in [4.78, 5) is 10.4. The van der Waals surface area contributed by atoms with Crippen LogP contribution in [0, 0.1) is 0 Å². The minimum atomic E-state index is -4.38. The lowest BCUT2D eigenvalue weighted by atomic mass is 10.2. The van der Waals surface area contributed by atoms with Gasteiger partial charge in [0, 0.05) is 21.8 Å². The molecule has 0 saturated carbocycles. The molecule has 0 atom stereocenters. The third-order valence-corrected chi connectivity index (χ3v) is 3.59. The molecule has 0 amide bonds. The lowest BCUT2D eigenvalue weighted by molar-refractivity contribution is 0.443. The zero-order chi connectivity index (χ0) is 12.8. The third kappa shape index (κ3) is 2.11. The minimum absolute atomic E-state index is 0.0240. The number of hydrogen-bond donors (Lipinski definition) is 1. The van der Waals surface area contributed by atoms with Gasteiger partial charge in [-0.1, -0.05) is 11.6 Å². The molecular weight excluding hydrogens is 291 g/mol. The van der Waals surface area contributed by atoms with Crippen molar-refractivity contribution in [2.24, 2.45) is 0 Å². The van der Waals surface area contributed by atoms with E-state index in [-0.39, 0.29) is 16.0 Å². The van der Waals surface area contributed by atoms with Gasteiger partial charge in [-0.3, -0.25) is 0 Å². The fraction of sp³-hybridized carbons (Fsp3) is 0. The Morgan fingerprint density at radius 1 is 1.29 bits per heavy atom. The molecule has 0 spiro atoms. The second kappa shape index (κ2) is 3.90. The summed E-state index contributed by atoms with van der Waals surface area (Å²) in [6.45, 7) is 0. The predicted octanol–water partition coefficient (Wildman–Crippen LogP) is 2.08. The van der Waals surface area contributed by atoms with Crippen LogP contribution in [0.25, 0.3) is 11.0 Å². The second-order valence-corrected chi connectivity index (χ2v) is 6.08. The lowest BCUT2D eigenvalue weighted by Gasteiger charge is -2.03. The average molecular weight is 295 g/mol. The predicted molar refractivity (Wildman–Crippen MR) is 62.2 cm³/mol. The molecule has 0 bridgehead atoms. The van der Waals surface area contributed by atoms with Crippen LogP contribution in [0.2, 0.25) is 5.02 Å². The van der Waals surface area contributed by atoms with Crippen molar-refractivity contribution in [3.05, 3.63) is 33.6 Å². The van der Waals surface area contributed by atoms with Gasteiger partial charge in [0.2, 0.25) is 4.90 Å². The first-order valence-corrected chi connectivity index (χ1v) is 6.89. The summed E-state index contributed by atoms with van der Waals surface area (Å²) in [6, 6.07) is 4.01. The van der Waals surface area contributed by atoms with Crippen LogP contribution in [0.5, 0.6) is 5.75 Å². The van der Waals surface area contributed by atoms with E-state index in [4.69, 9.17) is 26.7 Å².